The third-order valence-corrected chi connectivity index (χ3v) is 4.39. The van der Waals surface area contributed by atoms with Crippen molar-refractivity contribution < 1.29 is 14.6 Å². The molecule has 1 aromatic carbocycles. The first-order valence-electron chi connectivity index (χ1n) is 8.94. The normalized spacial score (nSPS) is 16.8. The molecule has 2 aromatic rings. The van der Waals surface area contributed by atoms with E-state index in [9.17, 15) is 5.11 Å². The lowest BCUT2D eigenvalue weighted by Gasteiger charge is -2.24. The van der Waals surface area contributed by atoms with Crippen LogP contribution in [0.5, 0.6) is 11.5 Å². The van der Waals surface area contributed by atoms with Gasteiger partial charge in [-0.1, -0.05) is 12.1 Å². The maximum absolute atomic E-state index is 10.4. The Morgan fingerprint density at radius 3 is 2.58 bits per heavy atom. The van der Waals surface area contributed by atoms with Gasteiger partial charge in [0.15, 0.2) is 11.5 Å². The molecule has 0 amide bonds. The van der Waals surface area contributed by atoms with Crippen LogP contribution in [0.15, 0.2) is 42.7 Å². The van der Waals surface area contributed by atoms with Gasteiger partial charge in [-0.05, 0) is 31.2 Å². The molecule has 2 heterocycles. The van der Waals surface area contributed by atoms with Gasteiger partial charge in [0.1, 0.15) is 12.7 Å². The maximum atomic E-state index is 10.4. The molecule has 1 saturated heterocycles. The van der Waals surface area contributed by atoms with Crippen molar-refractivity contribution in [2.24, 2.45) is 0 Å². The van der Waals surface area contributed by atoms with E-state index in [1.807, 2.05) is 30.3 Å². The molecule has 0 bridgehead atoms. The molecule has 0 spiro atoms. The highest BCUT2D eigenvalue weighted by Gasteiger charge is 2.19. The van der Waals surface area contributed by atoms with Gasteiger partial charge < -0.3 is 19.5 Å². The number of β-amino-alcohol motifs (C(OH)–C–C–N with tert-alkyl or cyclic N) is 1. The van der Waals surface area contributed by atoms with Crippen LogP contribution in [-0.2, 0) is 0 Å². The molecule has 7 heteroatoms. The van der Waals surface area contributed by atoms with Gasteiger partial charge in [-0.2, -0.15) is 0 Å². The molecule has 0 saturated carbocycles. The van der Waals surface area contributed by atoms with Gasteiger partial charge in [0.05, 0.1) is 7.11 Å². The lowest BCUT2D eigenvalue weighted by Crippen LogP contribution is -2.38. The Morgan fingerprint density at radius 1 is 1.04 bits per heavy atom. The zero-order chi connectivity index (χ0) is 18.2. The number of ether oxygens (including phenoxy) is 2. The zero-order valence-corrected chi connectivity index (χ0v) is 15.1. The first kappa shape index (κ1) is 18.4. The Kier molecular flexibility index (Phi) is 6.62. The molecular formula is C19H26N4O3. The minimum Gasteiger partial charge on any atom is -0.493 e. The highest BCUT2D eigenvalue weighted by atomic mass is 16.5. The summed E-state index contributed by atoms with van der Waals surface area (Å²) in [7, 11) is 1.61. The van der Waals surface area contributed by atoms with E-state index in [2.05, 4.69) is 19.8 Å². The number of nitrogens with zero attached hydrogens (tertiary/aromatic N) is 4. The second-order valence-electron chi connectivity index (χ2n) is 6.31. The predicted molar refractivity (Wildman–Crippen MR) is 99.8 cm³/mol. The summed E-state index contributed by atoms with van der Waals surface area (Å²) in [6, 6.07) is 9.29. The van der Waals surface area contributed by atoms with E-state index in [0.29, 0.717) is 18.0 Å². The Morgan fingerprint density at radius 2 is 1.81 bits per heavy atom. The topological polar surface area (TPSA) is 71.0 Å². The molecule has 0 radical (unpaired) electrons. The van der Waals surface area contributed by atoms with Gasteiger partial charge in [0, 0.05) is 38.6 Å². The highest BCUT2D eigenvalue weighted by Crippen LogP contribution is 2.25. The average Bonchev–Trinajstić information content (AvgIpc) is 2.93. The summed E-state index contributed by atoms with van der Waals surface area (Å²) in [4.78, 5) is 13.1. The Balaban J connectivity index is 1.46. The molecule has 1 fully saturated rings. The van der Waals surface area contributed by atoms with E-state index < -0.39 is 6.10 Å². The van der Waals surface area contributed by atoms with Crippen molar-refractivity contribution >= 4 is 5.95 Å². The fraction of sp³-hybridized carbons (Fsp3) is 0.474. The van der Waals surface area contributed by atoms with Crippen LogP contribution in [0.2, 0.25) is 0 Å². The summed E-state index contributed by atoms with van der Waals surface area (Å²) in [6.45, 7) is 4.40. The maximum Gasteiger partial charge on any atom is 0.225 e. The third-order valence-electron chi connectivity index (χ3n) is 4.39. The standard InChI is InChI=1S/C19H26N4O3/c1-25-17-6-2-3-7-18(17)26-15-16(24)14-22-10-5-11-23(13-12-22)19-20-8-4-9-21-19/h2-4,6-9,16,24H,5,10-15H2,1H3/t16-/m1/s1. The Labute approximate surface area is 154 Å². The van der Waals surface area contributed by atoms with Crippen LogP contribution >= 0.6 is 0 Å². The first-order chi connectivity index (χ1) is 12.8. The zero-order valence-electron chi connectivity index (χ0n) is 15.1. The van der Waals surface area contributed by atoms with Gasteiger partial charge >= 0.3 is 0 Å². The van der Waals surface area contributed by atoms with Gasteiger partial charge in [0.25, 0.3) is 0 Å². The summed E-state index contributed by atoms with van der Waals surface area (Å²) in [5.41, 5.74) is 0. The van der Waals surface area contributed by atoms with E-state index >= 15 is 0 Å². The lowest BCUT2D eigenvalue weighted by atomic mass is 10.3. The smallest absolute Gasteiger partial charge is 0.225 e. The fourth-order valence-electron chi connectivity index (χ4n) is 3.08. The van der Waals surface area contributed by atoms with E-state index in [1.54, 1.807) is 19.5 Å². The Hall–Kier alpha value is -2.38. The lowest BCUT2D eigenvalue weighted by molar-refractivity contribution is 0.0694. The average molecular weight is 358 g/mol. The molecule has 7 nitrogen and oxygen atoms in total. The SMILES string of the molecule is COc1ccccc1OC[C@H](O)CN1CCCN(c2ncccn2)CC1. The van der Waals surface area contributed by atoms with Gasteiger partial charge in [-0.15, -0.1) is 0 Å². The van der Waals surface area contributed by atoms with Crippen molar-refractivity contribution in [3.63, 3.8) is 0 Å². The number of anilines is 1. The first-order valence-corrected chi connectivity index (χ1v) is 8.94. The summed E-state index contributed by atoms with van der Waals surface area (Å²) >= 11 is 0. The number of rotatable bonds is 7. The van der Waals surface area contributed by atoms with Crippen molar-refractivity contribution in [3.05, 3.63) is 42.7 Å². The Bertz CT molecular complexity index is 671. The molecule has 1 N–H and O–H groups in total. The molecule has 0 aliphatic carbocycles. The number of para-hydroxylation sites is 2. The molecule has 1 aliphatic rings. The number of hydrogen-bond donors (Lipinski definition) is 1. The molecular weight excluding hydrogens is 332 g/mol. The minimum absolute atomic E-state index is 0.238. The number of methoxy groups -OCH3 is 1. The molecule has 1 aromatic heterocycles. The van der Waals surface area contributed by atoms with Gasteiger partial charge in [-0.25, -0.2) is 9.97 Å². The van der Waals surface area contributed by atoms with Crippen molar-refractivity contribution in [1.82, 2.24) is 14.9 Å². The van der Waals surface area contributed by atoms with Crippen LogP contribution in [-0.4, -0.2) is 72.5 Å². The summed E-state index contributed by atoms with van der Waals surface area (Å²) < 4.78 is 11.0. The van der Waals surface area contributed by atoms with Crippen molar-refractivity contribution in [1.29, 1.82) is 0 Å². The highest BCUT2D eigenvalue weighted by molar-refractivity contribution is 5.39. The minimum atomic E-state index is -0.556. The number of hydrogen-bond acceptors (Lipinski definition) is 7. The third kappa shape index (κ3) is 5.06. The van der Waals surface area contributed by atoms with Crippen LogP contribution in [0.1, 0.15) is 6.42 Å². The predicted octanol–water partition coefficient (Wildman–Crippen LogP) is 1.44. The van der Waals surface area contributed by atoms with Crippen LogP contribution in [0.3, 0.4) is 0 Å². The van der Waals surface area contributed by atoms with Crippen molar-refractivity contribution in [3.8, 4) is 11.5 Å². The summed E-state index contributed by atoms with van der Waals surface area (Å²) in [5, 5.41) is 10.4. The molecule has 140 valence electrons. The van der Waals surface area contributed by atoms with Gasteiger partial charge in [-0.3, -0.25) is 4.90 Å². The van der Waals surface area contributed by atoms with E-state index in [-0.39, 0.29) is 6.61 Å². The number of aliphatic hydroxyl groups excluding tert-OH is 1. The monoisotopic (exact) mass is 358 g/mol. The van der Waals surface area contributed by atoms with Crippen LogP contribution in [0.4, 0.5) is 5.95 Å². The molecule has 26 heavy (non-hydrogen) atoms. The molecule has 3 rings (SSSR count). The molecule has 0 unspecified atom stereocenters. The fourth-order valence-corrected chi connectivity index (χ4v) is 3.08. The quantitative estimate of drug-likeness (QED) is 0.803. The molecule has 1 atom stereocenters. The van der Waals surface area contributed by atoms with E-state index in [1.165, 1.54) is 0 Å². The van der Waals surface area contributed by atoms with E-state index in [4.69, 9.17) is 9.47 Å². The van der Waals surface area contributed by atoms with E-state index in [0.717, 1.165) is 38.5 Å². The van der Waals surface area contributed by atoms with Crippen molar-refractivity contribution in [2.45, 2.75) is 12.5 Å². The molecule has 1 aliphatic heterocycles. The van der Waals surface area contributed by atoms with Crippen LogP contribution in [0.25, 0.3) is 0 Å². The number of aliphatic hydroxyl groups is 1. The van der Waals surface area contributed by atoms with Gasteiger partial charge in [0.2, 0.25) is 5.95 Å². The van der Waals surface area contributed by atoms with Crippen LogP contribution < -0.4 is 14.4 Å². The largest absolute Gasteiger partial charge is 0.493 e. The summed E-state index contributed by atoms with van der Waals surface area (Å²) in [6.07, 6.45) is 3.99. The second-order valence-corrected chi connectivity index (χ2v) is 6.31. The number of benzene rings is 1. The van der Waals surface area contributed by atoms with Crippen molar-refractivity contribution in [2.75, 3.05) is 51.3 Å². The van der Waals surface area contributed by atoms with Crippen LogP contribution in [0, 0.1) is 0 Å². The number of aromatic nitrogens is 2. The second kappa shape index (κ2) is 9.35. The summed E-state index contributed by atoms with van der Waals surface area (Å²) in [5.74, 6) is 2.10.